The number of hydrogen-bond donors (Lipinski definition) is 2. The Kier molecular flexibility index (Phi) is 3.64. The van der Waals surface area contributed by atoms with Crippen LogP contribution in [0.25, 0.3) is 0 Å². The van der Waals surface area contributed by atoms with E-state index < -0.39 is 5.97 Å². The maximum absolute atomic E-state index is 10.8. The van der Waals surface area contributed by atoms with Gasteiger partial charge in [0, 0.05) is 13.1 Å². The van der Waals surface area contributed by atoms with Gasteiger partial charge in [-0.1, -0.05) is 6.92 Å². The monoisotopic (exact) mass is 197 g/mol. The van der Waals surface area contributed by atoms with E-state index in [-0.39, 0.29) is 5.82 Å². The Morgan fingerprint density at radius 2 is 2.36 bits per heavy atom. The molecule has 78 valence electrons. The van der Waals surface area contributed by atoms with Gasteiger partial charge in [-0.05, 0) is 13.5 Å². The van der Waals surface area contributed by atoms with Crippen LogP contribution < -0.4 is 5.32 Å². The van der Waals surface area contributed by atoms with Gasteiger partial charge in [-0.25, -0.2) is 9.78 Å². The van der Waals surface area contributed by atoms with Crippen LogP contribution in [-0.2, 0) is 13.1 Å². The van der Waals surface area contributed by atoms with Gasteiger partial charge in [0.05, 0.1) is 11.9 Å². The lowest BCUT2D eigenvalue weighted by Gasteiger charge is -2.06. The maximum Gasteiger partial charge on any atom is 0.372 e. The van der Waals surface area contributed by atoms with E-state index in [0.29, 0.717) is 13.1 Å². The predicted octanol–water partition coefficient (Wildman–Crippen LogP) is 0.711. The highest BCUT2D eigenvalue weighted by Gasteiger charge is 2.13. The third kappa shape index (κ3) is 2.11. The highest BCUT2D eigenvalue weighted by Crippen LogP contribution is 2.05. The third-order valence-corrected chi connectivity index (χ3v) is 2.00. The Hall–Kier alpha value is -1.36. The molecular weight excluding hydrogens is 182 g/mol. The van der Waals surface area contributed by atoms with Gasteiger partial charge in [0.1, 0.15) is 0 Å². The molecule has 0 saturated heterocycles. The Balaban J connectivity index is 2.89. The smallest absolute Gasteiger partial charge is 0.372 e. The van der Waals surface area contributed by atoms with Crippen LogP contribution in [0.2, 0.25) is 0 Å². The Morgan fingerprint density at radius 3 is 2.86 bits per heavy atom. The fraction of sp³-hybridized carbons (Fsp3) is 0.556. The zero-order valence-electron chi connectivity index (χ0n) is 8.45. The minimum absolute atomic E-state index is 0.111. The van der Waals surface area contributed by atoms with E-state index in [2.05, 4.69) is 10.3 Å². The number of nitrogens with zero attached hydrogens (tertiary/aromatic N) is 2. The van der Waals surface area contributed by atoms with E-state index in [1.165, 1.54) is 0 Å². The molecule has 0 unspecified atom stereocenters. The molecule has 2 N–H and O–H groups in total. The largest absolute Gasteiger partial charge is 0.475 e. The number of carboxylic acids is 1. The normalized spacial score (nSPS) is 10.4. The summed E-state index contributed by atoms with van der Waals surface area (Å²) in [7, 11) is 0. The number of carboxylic acid groups (broad SMARTS) is 1. The molecule has 5 heteroatoms. The van der Waals surface area contributed by atoms with Crippen LogP contribution in [0.4, 0.5) is 0 Å². The van der Waals surface area contributed by atoms with Crippen molar-refractivity contribution in [3.8, 4) is 0 Å². The Labute approximate surface area is 82.8 Å². The van der Waals surface area contributed by atoms with Crippen molar-refractivity contribution in [3.05, 3.63) is 17.7 Å². The predicted molar refractivity (Wildman–Crippen MR) is 52.2 cm³/mol. The molecule has 1 rings (SSSR count). The summed E-state index contributed by atoms with van der Waals surface area (Å²) in [5.41, 5.74) is 0.909. The second-order valence-corrected chi connectivity index (χ2v) is 2.90. The van der Waals surface area contributed by atoms with Crippen molar-refractivity contribution in [2.24, 2.45) is 0 Å². The van der Waals surface area contributed by atoms with Crippen molar-refractivity contribution < 1.29 is 9.90 Å². The average Bonchev–Trinajstić information content (AvgIpc) is 2.57. The summed E-state index contributed by atoms with van der Waals surface area (Å²) in [6.45, 7) is 6.05. The van der Waals surface area contributed by atoms with Gasteiger partial charge in [-0.3, -0.25) is 0 Å². The number of hydrogen-bond acceptors (Lipinski definition) is 3. The summed E-state index contributed by atoms with van der Waals surface area (Å²) >= 11 is 0. The van der Waals surface area contributed by atoms with Crippen LogP contribution in [0.5, 0.6) is 0 Å². The van der Waals surface area contributed by atoms with E-state index in [1.54, 1.807) is 10.8 Å². The summed E-state index contributed by atoms with van der Waals surface area (Å²) in [6, 6.07) is 0. The minimum atomic E-state index is -0.977. The van der Waals surface area contributed by atoms with Crippen LogP contribution in [0, 0.1) is 0 Å². The number of aromatic nitrogens is 2. The maximum atomic E-state index is 10.8. The van der Waals surface area contributed by atoms with Crippen molar-refractivity contribution >= 4 is 5.97 Å². The number of carbonyl (C=O) groups is 1. The second kappa shape index (κ2) is 4.76. The van der Waals surface area contributed by atoms with Crippen LogP contribution in [0.15, 0.2) is 6.20 Å². The lowest BCUT2D eigenvalue weighted by atomic mass is 10.4. The minimum Gasteiger partial charge on any atom is -0.475 e. The second-order valence-electron chi connectivity index (χ2n) is 2.90. The SMILES string of the molecule is CCNCc1cnc(C(=O)O)n1CC. The molecule has 0 atom stereocenters. The van der Waals surface area contributed by atoms with Gasteiger partial charge >= 0.3 is 5.97 Å². The van der Waals surface area contributed by atoms with E-state index >= 15 is 0 Å². The first-order valence-electron chi connectivity index (χ1n) is 4.69. The molecule has 0 bridgehead atoms. The van der Waals surface area contributed by atoms with Gasteiger partial charge < -0.3 is 15.0 Å². The Morgan fingerprint density at radius 1 is 1.64 bits per heavy atom. The molecule has 1 heterocycles. The quantitative estimate of drug-likeness (QED) is 0.729. The van der Waals surface area contributed by atoms with Gasteiger partial charge in [-0.15, -0.1) is 0 Å². The molecule has 14 heavy (non-hydrogen) atoms. The lowest BCUT2D eigenvalue weighted by molar-refractivity contribution is 0.0678. The topological polar surface area (TPSA) is 67.2 Å². The summed E-state index contributed by atoms with van der Waals surface area (Å²) in [6.07, 6.45) is 1.61. The third-order valence-electron chi connectivity index (χ3n) is 2.00. The molecule has 0 fully saturated rings. The number of aromatic carboxylic acids is 1. The van der Waals surface area contributed by atoms with Gasteiger partial charge in [0.2, 0.25) is 5.82 Å². The van der Waals surface area contributed by atoms with Crippen molar-refractivity contribution in [1.29, 1.82) is 0 Å². The van der Waals surface area contributed by atoms with E-state index in [0.717, 1.165) is 12.2 Å². The highest BCUT2D eigenvalue weighted by atomic mass is 16.4. The van der Waals surface area contributed by atoms with Crippen molar-refractivity contribution in [2.75, 3.05) is 6.54 Å². The first kappa shape index (κ1) is 10.7. The first-order chi connectivity index (χ1) is 6.70. The number of rotatable bonds is 5. The molecule has 0 radical (unpaired) electrons. The zero-order valence-corrected chi connectivity index (χ0v) is 8.45. The average molecular weight is 197 g/mol. The van der Waals surface area contributed by atoms with E-state index in [9.17, 15) is 4.79 Å². The van der Waals surface area contributed by atoms with E-state index in [1.807, 2.05) is 13.8 Å². The van der Waals surface area contributed by atoms with E-state index in [4.69, 9.17) is 5.11 Å². The zero-order chi connectivity index (χ0) is 10.6. The van der Waals surface area contributed by atoms with Crippen LogP contribution in [0.1, 0.15) is 30.2 Å². The van der Waals surface area contributed by atoms with Crippen LogP contribution in [-0.4, -0.2) is 27.2 Å². The van der Waals surface area contributed by atoms with Crippen LogP contribution >= 0.6 is 0 Å². The molecule has 0 aromatic carbocycles. The fourth-order valence-electron chi connectivity index (χ4n) is 1.33. The molecule has 1 aromatic heterocycles. The first-order valence-corrected chi connectivity index (χ1v) is 4.69. The highest BCUT2D eigenvalue weighted by molar-refractivity contribution is 5.83. The van der Waals surface area contributed by atoms with Gasteiger partial charge in [0.15, 0.2) is 0 Å². The molecule has 5 nitrogen and oxygen atoms in total. The number of imidazole rings is 1. The van der Waals surface area contributed by atoms with Crippen molar-refractivity contribution in [3.63, 3.8) is 0 Å². The van der Waals surface area contributed by atoms with Gasteiger partial charge in [-0.2, -0.15) is 0 Å². The molecule has 1 aromatic rings. The van der Waals surface area contributed by atoms with Crippen LogP contribution in [0.3, 0.4) is 0 Å². The van der Waals surface area contributed by atoms with Crippen molar-refractivity contribution in [2.45, 2.75) is 26.9 Å². The summed E-state index contributed by atoms with van der Waals surface area (Å²) in [5, 5.41) is 12.0. The summed E-state index contributed by atoms with van der Waals surface area (Å²) in [5.74, 6) is -0.866. The van der Waals surface area contributed by atoms with Gasteiger partial charge in [0.25, 0.3) is 0 Å². The molecular formula is C9H15N3O2. The summed E-state index contributed by atoms with van der Waals surface area (Å²) < 4.78 is 1.70. The molecule has 0 saturated carbocycles. The molecule has 0 spiro atoms. The summed E-state index contributed by atoms with van der Waals surface area (Å²) in [4.78, 5) is 14.6. The number of nitrogens with one attached hydrogen (secondary N) is 1. The lowest BCUT2D eigenvalue weighted by Crippen LogP contribution is -2.17. The fourth-order valence-corrected chi connectivity index (χ4v) is 1.33. The molecule has 0 aliphatic heterocycles. The molecule has 0 amide bonds. The molecule has 0 aliphatic rings. The Bertz CT molecular complexity index is 320. The van der Waals surface area contributed by atoms with Crippen molar-refractivity contribution in [1.82, 2.24) is 14.9 Å². The molecule has 0 aliphatic carbocycles. The standard InChI is InChI=1S/C9H15N3O2/c1-3-10-5-7-6-11-8(9(13)14)12(7)4-2/h6,10H,3-5H2,1-2H3,(H,13,14).